The molecule has 7 heteroatoms. The van der Waals surface area contributed by atoms with E-state index in [0.29, 0.717) is 12.1 Å². The molecule has 1 aromatic heterocycles. The van der Waals surface area contributed by atoms with Crippen LogP contribution in [-0.4, -0.2) is 10.9 Å². The summed E-state index contributed by atoms with van der Waals surface area (Å²) in [5, 5.41) is 2.18. The smallest absolute Gasteiger partial charge is 0.319 e. The quantitative estimate of drug-likeness (QED) is 0.858. The maximum Gasteiger partial charge on any atom is 0.416 e. The fraction of sp³-hybridized carbons (Fsp3) is 0.0769. The van der Waals surface area contributed by atoms with Crippen molar-refractivity contribution in [3.63, 3.8) is 0 Å². The lowest BCUT2D eigenvalue weighted by atomic mass is 10.2. The maximum atomic E-state index is 13.5. The normalized spacial score (nSPS) is 11.2. The van der Waals surface area contributed by atoms with Gasteiger partial charge in [-0.25, -0.2) is 4.39 Å². The van der Waals surface area contributed by atoms with Crippen LogP contribution in [0.5, 0.6) is 0 Å². The Morgan fingerprint density at radius 1 is 1.20 bits per heavy atom. The van der Waals surface area contributed by atoms with Crippen LogP contribution in [0, 0.1) is 5.82 Å². The van der Waals surface area contributed by atoms with Crippen LogP contribution < -0.4 is 5.32 Å². The number of hydrogen-bond acceptors (Lipinski definition) is 2. The first-order valence-electron chi connectivity index (χ1n) is 5.46. The Kier molecular flexibility index (Phi) is 3.69. The SMILES string of the molecule is O=C(Nc1ccc(C(F)(F)F)cc1F)c1cccnc1. The monoisotopic (exact) mass is 284 g/mol. The van der Waals surface area contributed by atoms with Gasteiger partial charge in [0.15, 0.2) is 0 Å². The number of amides is 1. The van der Waals surface area contributed by atoms with E-state index in [9.17, 15) is 22.4 Å². The Labute approximate surface area is 111 Å². The van der Waals surface area contributed by atoms with Crippen LogP contribution in [0.4, 0.5) is 23.2 Å². The summed E-state index contributed by atoms with van der Waals surface area (Å²) in [6, 6.07) is 4.86. The predicted molar refractivity (Wildman–Crippen MR) is 63.6 cm³/mol. The highest BCUT2D eigenvalue weighted by Gasteiger charge is 2.31. The van der Waals surface area contributed by atoms with Gasteiger partial charge in [0.2, 0.25) is 0 Å². The fourth-order valence-corrected chi connectivity index (χ4v) is 1.48. The van der Waals surface area contributed by atoms with Crippen molar-refractivity contribution in [2.24, 2.45) is 0 Å². The van der Waals surface area contributed by atoms with Crippen molar-refractivity contribution in [1.82, 2.24) is 4.98 Å². The molecule has 0 fully saturated rings. The highest BCUT2D eigenvalue weighted by atomic mass is 19.4. The van der Waals surface area contributed by atoms with Gasteiger partial charge in [-0.15, -0.1) is 0 Å². The molecule has 0 unspecified atom stereocenters. The van der Waals surface area contributed by atoms with Crippen LogP contribution in [0.3, 0.4) is 0 Å². The first kappa shape index (κ1) is 14.0. The third kappa shape index (κ3) is 3.11. The molecule has 20 heavy (non-hydrogen) atoms. The molecule has 0 radical (unpaired) electrons. The summed E-state index contributed by atoms with van der Waals surface area (Å²) in [5.41, 5.74) is -1.27. The predicted octanol–water partition coefficient (Wildman–Crippen LogP) is 3.49. The molecule has 2 aromatic rings. The Balaban J connectivity index is 2.21. The molecule has 0 aliphatic heterocycles. The minimum absolute atomic E-state index is 0.173. The van der Waals surface area contributed by atoms with Gasteiger partial charge in [-0.2, -0.15) is 13.2 Å². The highest BCUT2D eigenvalue weighted by Crippen LogP contribution is 2.31. The van der Waals surface area contributed by atoms with Crippen molar-refractivity contribution in [1.29, 1.82) is 0 Å². The molecule has 1 amide bonds. The molecule has 0 saturated carbocycles. The Bertz CT molecular complexity index is 626. The molecule has 1 heterocycles. The number of hydrogen-bond donors (Lipinski definition) is 1. The van der Waals surface area contributed by atoms with Crippen LogP contribution in [0.1, 0.15) is 15.9 Å². The number of halogens is 4. The summed E-state index contributed by atoms with van der Waals surface area (Å²) >= 11 is 0. The number of aromatic nitrogens is 1. The van der Waals surface area contributed by atoms with E-state index in [1.165, 1.54) is 24.5 Å². The number of carbonyl (C=O) groups is 1. The number of benzene rings is 1. The van der Waals surface area contributed by atoms with Gasteiger partial charge >= 0.3 is 6.18 Å². The second-order valence-electron chi connectivity index (χ2n) is 3.89. The minimum Gasteiger partial charge on any atom is -0.319 e. The molecule has 1 N–H and O–H groups in total. The van der Waals surface area contributed by atoms with Crippen LogP contribution in [0.25, 0.3) is 0 Å². The first-order chi connectivity index (χ1) is 9.38. The molecule has 2 rings (SSSR count). The lowest BCUT2D eigenvalue weighted by Crippen LogP contribution is -2.14. The fourth-order valence-electron chi connectivity index (χ4n) is 1.48. The van der Waals surface area contributed by atoms with Gasteiger partial charge in [-0.3, -0.25) is 9.78 Å². The van der Waals surface area contributed by atoms with E-state index in [1.54, 1.807) is 0 Å². The van der Waals surface area contributed by atoms with Gasteiger partial charge in [-0.1, -0.05) is 0 Å². The number of anilines is 1. The second kappa shape index (κ2) is 5.28. The van der Waals surface area contributed by atoms with Crippen molar-refractivity contribution < 1.29 is 22.4 Å². The molecule has 0 saturated heterocycles. The van der Waals surface area contributed by atoms with Gasteiger partial charge in [0, 0.05) is 12.4 Å². The minimum atomic E-state index is -4.63. The van der Waals surface area contributed by atoms with Gasteiger partial charge < -0.3 is 5.32 Å². The van der Waals surface area contributed by atoms with E-state index in [1.807, 2.05) is 0 Å². The molecular weight excluding hydrogens is 276 g/mol. The third-order valence-corrected chi connectivity index (χ3v) is 2.47. The number of nitrogens with zero attached hydrogens (tertiary/aromatic N) is 1. The first-order valence-corrected chi connectivity index (χ1v) is 5.46. The van der Waals surface area contributed by atoms with Crippen LogP contribution in [0.2, 0.25) is 0 Å². The highest BCUT2D eigenvalue weighted by molar-refractivity contribution is 6.04. The molecule has 3 nitrogen and oxygen atoms in total. The average Bonchev–Trinajstić information content (AvgIpc) is 2.41. The molecule has 0 aliphatic rings. The summed E-state index contributed by atoms with van der Waals surface area (Å²) in [4.78, 5) is 15.4. The number of nitrogens with one attached hydrogen (secondary N) is 1. The van der Waals surface area contributed by atoms with Gasteiger partial charge in [-0.05, 0) is 30.3 Å². The van der Waals surface area contributed by atoms with Crippen molar-refractivity contribution in [2.45, 2.75) is 6.18 Å². The van der Waals surface area contributed by atoms with E-state index >= 15 is 0 Å². The number of carbonyl (C=O) groups excluding carboxylic acids is 1. The van der Waals surface area contributed by atoms with Crippen LogP contribution in [0.15, 0.2) is 42.7 Å². The Hall–Kier alpha value is -2.44. The van der Waals surface area contributed by atoms with E-state index in [4.69, 9.17) is 0 Å². The van der Waals surface area contributed by atoms with Gasteiger partial charge in [0.1, 0.15) is 5.82 Å². The van der Waals surface area contributed by atoms with Crippen molar-refractivity contribution in [3.05, 3.63) is 59.7 Å². The van der Waals surface area contributed by atoms with E-state index in [2.05, 4.69) is 10.3 Å². The Morgan fingerprint density at radius 2 is 1.95 bits per heavy atom. The van der Waals surface area contributed by atoms with Gasteiger partial charge in [0.05, 0.1) is 16.8 Å². The van der Waals surface area contributed by atoms with E-state index in [0.717, 1.165) is 6.07 Å². The standard InChI is InChI=1S/C13H8F4N2O/c14-10-6-9(13(15,16)17)3-4-11(10)19-12(20)8-2-1-5-18-7-8/h1-7H,(H,19,20). The Morgan fingerprint density at radius 3 is 2.50 bits per heavy atom. The second-order valence-corrected chi connectivity index (χ2v) is 3.89. The topological polar surface area (TPSA) is 42.0 Å². The summed E-state index contributed by atoms with van der Waals surface area (Å²) in [5.74, 6) is -1.81. The number of pyridine rings is 1. The number of alkyl halides is 3. The summed E-state index contributed by atoms with van der Waals surface area (Å²) in [6.45, 7) is 0. The van der Waals surface area contributed by atoms with Gasteiger partial charge in [0.25, 0.3) is 5.91 Å². The molecular formula is C13H8F4N2O. The average molecular weight is 284 g/mol. The summed E-state index contributed by atoms with van der Waals surface area (Å²) in [6.07, 6.45) is -1.92. The van der Waals surface area contributed by atoms with Crippen molar-refractivity contribution in [3.8, 4) is 0 Å². The van der Waals surface area contributed by atoms with Crippen LogP contribution >= 0.6 is 0 Å². The lowest BCUT2D eigenvalue weighted by Gasteiger charge is -2.10. The van der Waals surface area contributed by atoms with E-state index in [-0.39, 0.29) is 11.3 Å². The molecule has 0 spiro atoms. The van der Waals surface area contributed by atoms with E-state index < -0.39 is 23.5 Å². The zero-order valence-electron chi connectivity index (χ0n) is 9.91. The summed E-state index contributed by atoms with van der Waals surface area (Å²) in [7, 11) is 0. The number of rotatable bonds is 2. The lowest BCUT2D eigenvalue weighted by molar-refractivity contribution is -0.137. The molecule has 0 bridgehead atoms. The molecule has 1 aromatic carbocycles. The molecule has 0 aliphatic carbocycles. The largest absolute Gasteiger partial charge is 0.416 e. The summed E-state index contributed by atoms with van der Waals surface area (Å²) < 4.78 is 50.6. The van der Waals surface area contributed by atoms with Crippen molar-refractivity contribution >= 4 is 11.6 Å². The maximum absolute atomic E-state index is 13.5. The van der Waals surface area contributed by atoms with Crippen molar-refractivity contribution in [2.75, 3.05) is 5.32 Å². The zero-order chi connectivity index (χ0) is 14.8. The molecule has 104 valence electrons. The molecule has 0 atom stereocenters. The zero-order valence-corrected chi connectivity index (χ0v) is 9.91. The van der Waals surface area contributed by atoms with Crippen LogP contribution in [-0.2, 0) is 6.18 Å². The third-order valence-electron chi connectivity index (χ3n) is 2.47.